The van der Waals surface area contributed by atoms with Gasteiger partial charge in [-0.15, -0.1) is 0 Å². The Labute approximate surface area is 167 Å². The van der Waals surface area contributed by atoms with Crippen molar-refractivity contribution in [3.63, 3.8) is 0 Å². The predicted molar refractivity (Wildman–Crippen MR) is 111 cm³/mol. The van der Waals surface area contributed by atoms with Crippen LogP contribution in [0.3, 0.4) is 0 Å². The van der Waals surface area contributed by atoms with Crippen molar-refractivity contribution in [3.05, 3.63) is 71.3 Å². The van der Waals surface area contributed by atoms with E-state index in [1.807, 2.05) is 48.5 Å². The van der Waals surface area contributed by atoms with Gasteiger partial charge in [0, 0.05) is 24.1 Å². The summed E-state index contributed by atoms with van der Waals surface area (Å²) >= 11 is 0. The summed E-state index contributed by atoms with van der Waals surface area (Å²) in [6.45, 7) is 0.840. The number of amides is 1. The van der Waals surface area contributed by atoms with Gasteiger partial charge in [0.15, 0.2) is 5.78 Å². The van der Waals surface area contributed by atoms with Gasteiger partial charge in [0.1, 0.15) is 0 Å². The molecule has 4 rings (SSSR count). The maximum absolute atomic E-state index is 13.0. The first kappa shape index (κ1) is 18.9. The lowest BCUT2D eigenvalue weighted by Crippen LogP contribution is -2.32. The molecular weight excluding hydrogens is 346 g/mol. The average Bonchev–Trinajstić information content (AvgIpc) is 3.25. The van der Waals surface area contributed by atoms with Crippen LogP contribution in [0, 0.1) is 5.92 Å². The van der Waals surface area contributed by atoms with Gasteiger partial charge in [0.25, 0.3) is 0 Å². The molecule has 1 aliphatic heterocycles. The van der Waals surface area contributed by atoms with Gasteiger partial charge in [-0.1, -0.05) is 67.8 Å². The van der Waals surface area contributed by atoms with Crippen LogP contribution in [0.1, 0.15) is 78.9 Å². The molecule has 1 heterocycles. The minimum absolute atomic E-state index is 0.0422. The van der Waals surface area contributed by atoms with E-state index in [2.05, 4.69) is 11.0 Å². The van der Waals surface area contributed by atoms with Gasteiger partial charge in [-0.05, 0) is 43.2 Å². The second-order valence-electron chi connectivity index (χ2n) is 8.27. The second kappa shape index (κ2) is 8.72. The van der Waals surface area contributed by atoms with Crippen molar-refractivity contribution in [2.45, 2.75) is 57.4 Å². The fraction of sp³-hybridized carbons (Fsp3) is 0.440. The normalized spacial score (nSPS) is 20.3. The average molecular weight is 376 g/mol. The van der Waals surface area contributed by atoms with Crippen molar-refractivity contribution in [2.75, 3.05) is 6.54 Å². The number of carbonyl (C=O) groups is 2. The molecule has 146 valence electrons. The maximum atomic E-state index is 13.0. The first-order valence-corrected chi connectivity index (χ1v) is 10.7. The zero-order valence-electron chi connectivity index (χ0n) is 16.5. The van der Waals surface area contributed by atoms with Crippen LogP contribution in [0.4, 0.5) is 0 Å². The Morgan fingerprint density at radius 2 is 1.57 bits per heavy atom. The molecule has 0 bridgehead atoms. The first-order chi connectivity index (χ1) is 13.7. The Morgan fingerprint density at radius 1 is 0.821 bits per heavy atom. The monoisotopic (exact) mass is 375 g/mol. The van der Waals surface area contributed by atoms with Crippen LogP contribution in [-0.4, -0.2) is 23.1 Å². The molecule has 1 saturated carbocycles. The van der Waals surface area contributed by atoms with E-state index in [4.69, 9.17) is 0 Å². The minimum atomic E-state index is 0.0422. The van der Waals surface area contributed by atoms with Crippen molar-refractivity contribution in [2.24, 2.45) is 5.92 Å². The molecular formula is C25H29NO2. The van der Waals surface area contributed by atoms with Gasteiger partial charge in [-0.3, -0.25) is 9.59 Å². The van der Waals surface area contributed by atoms with E-state index in [9.17, 15) is 9.59 Å². The summed E-state index contributed by atoms with van der Waals surface area (Å²) < 4.78 is 0. The highest BCUT2D eigenvalue weighted by atomic mass is 16.2. The molecule has 28 heavy (non-hydrogen) atoms. The summed E-state index contributed by atoms with van der Waals surface area (Å²) in [5.74, 6) is 0.906. The molecule has 2 aromatic carbocycles. The topological polar surface area (TPSA) is 37.4 Å². The molecule has 1 saturated heterocycles. The summed E-state index contributed by atoms with van der Waals surface area (Å²) in [5.41, 5.74) is 2.50. The zero-order chi connectivity index (χ0) is 19.3. The van der Waals surface area contributed by atoms with E-state index in [0.29, 0.717) is 29.4 Å². The summed E-state index contributed by atoms with van der Waals surface area (Å²) in [7, 11) is 0. The summed E-state index contributed by atoms with van der Waals surface area (Å²) in [5, 5.41) is 0. The SMILES string of the molecule is O=C(c1ccccc1)c1cccc([C@@H]2CCCN2C(=O)CC2CCCCC2)c1. The molecule has 0 unspecified atom stereocenters. The predicted octanol–water partition coefficient (Wildman–Crippen LogP) is 5.55. The van der Waals surface area contributed by atoms with Crippen molar-refractivity contribution >= 4 is 11.7 Å². The minimum Gasteiger partial charge on any atom is -0.336 e. The Kier molecular flexibility index (Phi) is 5.90. The number of rotatable bonds is 5. The lowest BCUT2D eigenvalue weighted by Gasteiger charge is -2.28. The van der Waals surface area contributed by atoms with Gasteiger partial charge < -0.3 is 4.90 Å². The van der Waals surface area contributed by atoms with Crippen molar-refractivity contribution < 1.29 is 9.59 Å². The molecule has 0 radical (unpaired) electrons. The third-order valence-corrected chi connectivity index (χ3v) is 6.33. The van der Waals surface area contributed by atoms with E-state index in [1.54, 1.807) is 0 Å². The molecule has 2 fully saturated rings. The zero-order valence-corrected chi connectivity index (χ0v) is 16.5. The fourth-order valence-electron chi connectivity index (χ4n) is 4.81. The van der Waals surface area contributed by atoms with Crippen molar-refractivity contribution in [1.29, 1.82) is 0 Å². The Balaban J connectivity index is 1.49. The highest BCUT2D eigenvalue weighted by molar-refractivity contribution is 6.09. The molecule has 0 aromatic heterocycles. The van der Waals surface area contributed by atoms with E-state index in [0.717, 1.165) is 24.9 Å². The molecule has 1 amide bonds. The molecule has 0 spiro atoms. The molecule has 2 aliphatic rings. The third-order valence-electron chi connectivity index (χ3n) is 6.33. The molecule has 0 N–H and O–H groups in total. The van der Waals surface area contributed by atoms with Gasteiger partial charge in [-0.25, -0.2) is 0 Å². The number of hydrogen-bond donors (Lipinski definition) is 0. The number of hydrogen-bond acceptors (Lipinski definition) is 2. The van der Waals surface area contributed by atoms with Crippen LogP contribution >= 0.6 is 0 Å². The van der Waals surface area contributed by atoms with E-state index < -0.39 is 0 Å². The Bertz CT molecular complexity index is 823. The largest absolute Gasteiger partial charge is 0.336 e. The fourth-order valence-corrected chi connectivity index (χ4v) is 4.81. The van der Waals surface area contributed by atoms with Crippen LogP contribution in [-0.2, 0) is 4.79 Å². The van der Waals surface area contributed by atoms with Crippen LogP contribution < -0.4 is 0 Å². The number of ketones is 1. The summed E-state index contributed by atoms with van der Waals surface area (Å²) in [6, 6.07) is 17.4. The standard InChI is InChI=1S/C25H29NO2/c27-24(17-19-9-3-1-4-10-19)26-16-8-15-23(26)21-13-7-14-22(18-21)25(28)20-11-5-2-6-12-20/h2,5-7,11-14,18-19,23H,1,3-4,8-10,15-17H2/t23-/m0/s1. The number of benzene rings is 2. The molecule has 1 aliphatic carbocycles. The van der Waals surface area contributed by atoms with E-state index in [1.165, 1.54) is 32.1 Å². The van der Waals surface area contributed by atoms with Crippen LogP contribution in [0.5, 0.6) is 0 Å². The van der Waals surface area contributed by atoms with Crippen LogP contribution in [0.25, 0.3) is 0 Å². The quantitative estimate of drug-likeness (QED) is 0.642. The Hall–Kier alpha value is -2.42. The van der Waals surface area contributed by atoms with Gasteiger partial charge >= 0.3 is 0 Å². The van der Waals surface area contributed by atoms with Gasteiger partial charge in [-0.2, -0.15) is 0 Å². The number of carbonyl (C=O) groups excluding carboxylic acids is 2. The highest BCUT2D eigenvalue weighted by Crippen LogP contribution is 2.35. The molecule has 3 heteroatoms. The highest BCUT2D eigenvalue weighted by Gasteiger charge is 2.31. The smallest absolute Gasteiger partial charge is 0.223 e. The van der Waals surface area contributed by atoms with Gasteiger partial charge in [0.2, 0.25) is 5.91 Å². The molecule has 1 atom stereocenters. The first-order valence-electron chi connectivity index (χ1n) is 10.7. The third kappa shape index (κ3) is 4.19. The summed E-state index contributed by atoms with van der Waals surface area (Å²) in [4.78, 5) is 27.9. The number of likely N-dealkylation sites (tertiary alicyclic amines) is 1. The molecule has 2 aromatic rings. The Morgan fingerprint density at radius 3 is 2.36 bits per heavy atom. The lowest BCUT2D eigenvalue weighted by atomic mass is 9.86. The van der Waals surface area contributed by atoms with Crippen LogP contribution in [0.2, 0.25) is 0 Å². The van der Waals surface area contributed by atoms with Gasteiger partial charge in [0.05, 0.1) is 6.04 Å². The maximum Gasteiger partial charge on any atom is 0.223 e. The summed E-state index contributed by atoms with van der Waals surface area (Å²) in [6.07, 6.45) is 8.97. The number of nitrogens with zero attached hydrogens (tertiary/aromatic N) is 1. The van der Waals surface area contributed by atoms with Crippen molar-refractivity contribution in [1.82, 2.24) is 4.90 Å². The van der Waals surface area contributed by atoms with Crippen molar-refractivity contribution in [3.8, 4) is 0 Å². The second-order valence-corrected chi connectivity index (χ2v) is 8.27. The lowest BCUT2D eigenvalue weighted by molar-refractivity contribution is -0.133. The van der Waals surface area contributed by atoms with E-state index >= 15 is 0 Å². The van der Waals surface area contributed by atoms with E-state index in [-0.39, 0.29) is 11.8 Å². The molecule has 3 nitrogen and oxygen atoms in total. The van der Waals surface area contributed by atoms with Crippen LogP contribution in [0.15, 0.2) is 54.6 Å².